The number of hydrogen-bond acceptors (Lipinski definition) is 4. The Morgan fingerprint density at radius 3 is 2.52 bits per heavy atom. The number of anilines is 1. The van der Waals surface area contributed by atoms with Crippen LogP contribution in [0.3, 0.4) is 0 Å². The highest BCUT2D eigenvalue weighted by atomic mass is 35.5. The zero-order valence-electron chi connectivity index (χ0n) is 18.0. The Bertz CT molecular complexity index is 1350. The minimum Gasteiger partial charge on any atom is -0.372 e. The van der Waals surface area contributed by atoms with Crippen LogP contribution in [-0.2, 0) is 0 Å². The lowest BCUT2D eigenvalue weighted by Gasteiger charge is -2.29. The van der Waals surface area contributed by atoms with E-state index >= 15 is 0 Å². The predicted molar refractivity (Wildman–Crippen MR) is 132 cm³/mol. The summed E-state index contributed by atoms with van der Waals surface area (Å²) in [5.74, 6) is -0.489. The molecule has 1 saturated heterocycles. The van der Waals surface area contributed by atoms with E-state index in [1.54, 1.807) is 0 Å². The average molecular weight is 482 g/mol. The summed E-state index contributed by atoms with van der Waals surface area (Å²) in [5.41, 5.74) is 4.69. The Balaban J connectivity index is 0.00000259. The van der Waals surface area contributed by atoms with Crippen LogP contribution in [0.25, 0.3) is 33.4 Å². The van der Waals surface area contributed by atoms with Gasteiger partial charge in [0.05, 0.1) is 16.6 Å². The van der Waals surface area contributed by atoms with Gasteiger partial charge in [0.2, 0.25) is 0 Å². The first-order chi connectivity index (χ1) is 15.6. The van der Waals surface area contributed by atoms with Crippen molar-refractivity contribution in [2.75, 3.05) is 18.0 Å². The van der Waals surface area contributed by atoms with Gasteiger partial charge in [-0.25, -0.2) is 9.37 Å². The third kappa shape index (κ3) is 4.15. The number of nitriles is 1. The molecule has 5 rings (SSSR count). The lowest BCUT2D eigenvalue weighted by molar-refractivity contribution is 0.578. The van der Waals surface area contributed by atoms with Gasteiger partial charge in [0.1, 0.15) is 11.9 Å². The maximum atomic E-state index is 14.7. The highest BCUT2D eigenvalue weighted by Gasteiger charge is 2.23. The lowest BCUT2D eigenvalue weighted by Crippen LogP contribution is -2.29. The molecule has 33 heavy (non-hydrogen) atoms. The van der Waals surface area contributed by atoms with E-state index in [9.17, 15) is 9.65 Å². The molecule has 3 heterocycles. The Morgan fingerprint density at radius 1 is 1.09 bits per heavy atom. The molecule has 0 saturated carbocycles. The number of H-pyrrole nitrogens is 1. The molecule has 5 nitrogen and oxygen atoms in total. The van der Waals surface area contributed by atoms with E-state index < -0.39 is 5.82 Å². The molecule has 1 aliphatic heterocycles. The van der Waals surface area contributed by atoms with E-state index in [2.05, 4.69) is 38.3 Å². The van der Waals surface area contributed by atoms with Gasteiger partial charge in [-0.05, 0) is 62.1 Å². The molecule has 0 bridgehead atoms. The van der Waals surface area contributed by atoms with Crippen LogP contribution >= 0.6 is 24.0 Å². The summed E-state index contributed by atoms with van der Waals surface area (Å²) < 4.78 is 14.7. The van der Waals surface area contributed by atoms with Crippen LogP contribution in [0.4, 0.5) is 10.1 Å². The van der Waals surface area contributed by atoms with Gasteiger partial charge in [-0.1, -0.05) is 23.7 Å². The van der Waals surface area contributed by atoms with Crippen molar-refractivity contribution in [2.45, 2.75) is 26.2 Å². The molecule has 8 heteroatoms. The quantitative estimate of drug-likeness (QED) is 0.354. The molecule has 1 N–H and O–H groups in total. The number of nitrogens with one attached hydrogen (secondary N) is 1. The first-order valence-electron chi connectivity index (χ1n) is 10.7. The van der Waals surface area contributed by atoms with Crippen LogP contribution in [0.15, 0.2) is 42.5 Å². The maximum Gasteiger partial charge on any atom is 0.182 e. The molecule has 0 spiro atoms. The van der Waals surface area contributed by atoms with Crippen LogP contribution in [0.2, 0.25) is 5.02 Å². The molecule has 4 aromatic rings. The molecule has 0 unspecified atom stereocenters. The van der Waals surface area contributed by atoms with Crippen molar-refractivity contribution in [3.63, 3.8) is 0 Å². The molecule has 0 radical (unpaired) electrons. The van der Waals surface area contributed by atoms with Crippen molar-refractivity contribution < 1.29 is 4.39 Å². The summed E-state index contributed by atoms with van der Waals surface area (Å²) in [5, 5.41) is 18.5. The molecule has 0 amide bonds. The normalized spacial score (nSPS) is 13.6. The molecule has 1 aliphatic rings. The number of halogens is 3. The first-order valence-corrected chi connectivity index (χ1v) is 11.0. The zero-order chi connectivity index (χ0) is 22.2. The van der Waals surface area contributed by atoms with Crippen molar-refractivity contribution in [3.05, 3.63) is 64.6 Å². The number of nitrogens with zero attached hydrogens (tertiary/aromatic N) is 4. The van der Waals surface area contributed by atoms with Crippen molar-refractivity contribution in [1.82, 2.24) is 15.2 Å². The van der Waals surface area contributed by atoms with E-state index in [0.717, 1.165) is 29.7 Å². The van der Waals surface area contributed by atoms with E-state index in [0.29, 0.717) is 21.8 Å². The molecule has 0 atom stereocenters. The Hall–Kier alpha value is -3.14. The van der Waals surface area contributed by atoms with Crippen molar-refractivity contribution in [2.24, 2.45) is 0 Å². The van der Waals surface area contributed by atoms with Gasteiger partial charge in [0.25, 0.3) is 0 Å². The highest BCUT2D eigenvalue weighted by molar-refractivity contribution is 6.30. The molecule has 2 aromatic heterocycles. The highest BCUT2D eigenvalue weighted by Crippen LogP contribution is 2.39. The van der Waals surface area contributed by atoms with Crippen LogP contribution in [-0.4, -0.2) is 28.3 Å². The second-order valence-corrected chi connectivity index (χ2v) is 8.52. The summed E-state index contributed by atoms with van der Waals surface area (Å²) in [4.78, 5) is 6.93. The van der Waals surface area contributed by atoms with Crippen LogP contribution in [0.5, 0.6) is 0 Å². The average Bonchev–Trinajstić information content (AvgIpc) is 3.20. The van der Waals surface area contributed by atoms with Crippen molar-refractivity contribution >= 4 is 40.7 Å². The fourth-order valence-corrected chi connectivity index (χ4v) is 4.64. The van der Waals surface area contributed by atoms with Gasteiger partial charge in [0.15, 0.2) is 5.65 Å². The van der Waals surface area contributed by atoms with Crippen LogP contribution < -0.4 is 4.90 Å². The van der Waals surface area contributed by atoms with E-state index in [1.165, 1.54) is 43.1 Å². The van der Waals surface area contributed by atoms with E-state index in [4.69, 9.17) is 11.6 Å². The number of aromatic amines is 1. The monoisotopic (exact) mass is 481 g/mol. The SMILES string of the molecule is Cc1[nH]nc2nc(-c3cc(Cl)ccc3F)c(C#N)c(-c3ccc(N4CCCCC4)cc3)c12.Cl. The summed E-state index contributed by atoms with van der Waals surface area (Å²) in [6.45, 7) is 4.01. The fourth-order valence-electron chi connectivity index (χ4n) is 4.46. The van der Waals surface area contributed by atoms with Gasteiger partial charge in [0, 0.05) is 40.6 Å². The third-order valence-electron chi connectivity index (χ3n) is 6.06. The second kappa shape index (κ2) is 9.38. The van der Waals surface area contributed by atoms with E-state index in [-0.39, 0.29) is 23.7 Å². The number of aryl methyl sites for hydroxylation is 1. The maximum absolute atomic E-state index is 14.7. The topological polar surface area (TPSA) is 68.6 Å². The number of piperidine rings is 1. The van der Waals surface area contributed by atoms with Gasteiger partial charge >= 0.3 is 0 Å². The summed E-state index contributed by atoms with van der Waals surface area (Å²) in [6, 6.07) is 14.7. The smallest absolute Gasteiger partial charge is 0.182 e. The predicted octanol–water partition coefficient (Wildman–Crippen LogP) is 6.68. The Labute approximate surface area is 202 Å². The molecule has 1 fully saturated rings. The van der Waals surface area contributed by atoms with Crippen LogP contribution in [0.1, 0.15) is 30.5 Å². The molecule has 2 aromatic carbocycles. The zero-order valence-corrected chi connectivity index (χ0v) is 19.6. The minimum absolute atomic E-state index is 0. The van der Waals surface area contributed by atoms with Crippen molar-refractivity contribution in [3.8, 4) is 28.5 Å². The minimum atomic E-state index is -0.489. The second-order valence-electron chi connectivity index (χ2n) is 8.09. The number of pyridine rings is 1. The van der Waals surface area contributed by atoms with Crippen LogP contribution in [0, 0.1) is 24.1 Å². The lowest BCUT2D eigenvalue weighted by atomic mass is 9.93. The summed E-state index contributed by atoms with van der Waals surface area (Å²) in [6.07, 6.45) is 3.68. The largest absolute Gasteiger partial charge is 0.372 e. The van der Waals surface area contributed by atoms with Gasteiger partial charge < -0.3 is 4.90 Å². The van der Waals surface area contributed by atoms with Gasteiger partial charge in [-0.15, -0.1) is 12.4 Å². The molecule has 0 aliphatic carbocycles. The van der Waals surface area contributed by atoms with Gasteiger partial charge in [-0.3, -0.25) is 5.10 Å². The molecule has 168 valence electrons. The number of aromatic nitrogens is 3. The fraction of sp³-hybridized carbons (Fsp3) is 0.240. The first kappa shape index (κ1) is 23.0. The number of rotatable bonds is 3. The number of benzene rings is 2. The summed E-state index contributed by atoms with van der Waals surface area (Å²) >= 11 is 6.13. The van der Waals surface area contributed by atoms with Crippen molar-refractivity contribution in [1.29, 1.82) is 5.26 Å². The Morgan fingerprint density at radius 2 is 1.82 bits per heavy atom. The molecular weight excluding hydrogens is 460 g/mol. The number of hydrogen-bond donors (Lipinski definition) is 1. The number of fused-ring (bicyclic) bond motifs is 1. The van der Waals surface area contributed by atoms with Gasteiger partial charge in [-0.2, -0.15) is 10.4 Å². The molecular formula is C25H22Cl2FN5. The summed E-state index contributed by atoms with van der Waals surface area (Å²) in [7, 11) is 0. The Kier molecular flexibility index (Phi) is 6.55. The standard InChI is InChI=1S/C25H21ClFN5.ClH/c1-15-22-23(16-5-8-18(9-6-16)32-11-3-2-4-12-32)20(14-28)24(29-25(22)31-30-15)19-13-17(26)7-10-21(19)27;/h5-10,13H,2-4,11-12H2,1H3,(H,29,30,31);1H. The van der Waals surface area contributed by atoms with E-state index in [1.807, 2.05) is 19.1 Å². The third-order valence-corrected chi connectivity index (χ3v) is 6.29.